The number of rotatable bonds is 11. The number of hydrogen-bond donors (Lipinski definition) is 2. The van der Waals surface area contributed by atoms with Crippen molar-refractivity contribution >= 4 is 5.96 Å². The van der Waals surface area contributed by atoms with E-state index in [1.807, 2.05) is 0 Å². The van der Waals surface area contributed by atoms with Gasteiger partial charge in [0.15, 0.2) is 0 Å². The van der Waals surface area contributed by atoms with Gasteiger partial charge < -0.3 is 19.1 Å². The average Bonchev–Trinajstić information content (AvgIpc) is 2.43. The SMILES string of the molecule is COCCCN=C(NN)N(CCCOC)CCOC. The van der Waals surface area contributed by atoms with Gasteiger partial charge in [0.1, 0.15) is 0 Å². The van der Waals surface area contributed by atoms with E-state index in [1.165, 1.54) is 0 Å². The summed E-state index contributed by atoms with van der Waals surface area (Å²) in [6.07, 6.45) is 1.79. The lowest BCUT2D eigenvalue weighted by atomic mass is 10.4. The Morgan fingerprint density at radius 3 is 2.21 bits per heavy atom. The van der Waals surface area contributed by atoms with Crippen LogP contribution >= 0.6 is 0 Å². The van der Waals surface area contributed by atoms with Crippen molar-refractivity contribution in [1.29, 1.82) is 0 Å². The molecular formula is C12H28N4O3. The zero-order chi connectivity index (χ0) is 14.3. The van der Waals surface area contributed by atoms with Crippen LogP contribution in [0.3, 0.4) is 0 Å². The topological polar surface area (TPSA) is 81.3 Å². The van der Waals surface area contributed by atoms with E-state index in [1.54, 1.807) is 21.3 Å². The van der Waals surface area contributed by atoms with Crippen LogP contribution in [0.5, 0.6) is 0 Å². The highest BCUT2D eigenvalue weighted by atomic mass is 16.5. The molecule has 19 heavy (non-hydrogen) atoms. The average molecular weight is 276 g/mol. The number of aliphatic imine (C=N–C) groups is 1. The minimum atomic E-state index is 0.631. The Kier molecular flexibility index (Phi) is 12.9. The van der Waals surface area contributed by atoms with Gasteiger partial charge in [0.2, 0.25) is 5.96 Å². The molecule has 0 heterocycles. The van der Waals surface area contributed by atoms with E-state index in [4.69, 9.17) is 20.1 Å². The highest BCUT2D eigenvalue weighted by Crippen LogP contribution is 1.95. The Morgan fingerprint density at radius 1 is 1.00 bits per heavy atom. The van der Waals surface area contributed by atoms with E-state index in [0.29, 0.717) is 32.3 Å². The molecule has 0 fully saturated rings. The van der Waals surface area contributed by atoms with Gasteiger partial charge >= 0.3 is 0 Å². The van der Waals surface area contributed by atoms with Crippen LogP contribution in [0.25, 0.3) is 0 Å². The van der Waals surface area contributed by atoms with Crippen LogP contribution in [0.1, 0.15) is 12.8 Å². The van der Waals surface area contributed by atoms with E-state index in [0.717, 1.165) is 25.9 Å². The molecule has 0 atom stereocenters. The summed E-state index contributed by atoms with van der Waals surface area (Å²) < 4.78 is 15.1. The monoisotopic (exact) mass is 276 g/mol. The first kappa shape index (κ1) is 18.1. The molecule has 0 spiro atoms. The first-order chi connectivity index (χ1) is 9.29. The van der Waals surface area contributed by atoms with Gasteiger partial charge in [-0.1, -0.05) is 0 Å². The summed E-state index contributed by atoms with van der Waals surface area (Å²) in [6.45, 7) is 4.29. The molecule has 0 aliphatic carbocycles. The molecule has 7 nitrogen and oxygen atoms in total. The minimum Gasteiger partial charge on any atom is -0.385 e. The molecule has 0 rings (SSSR count). The van der Waals surface area contributed by atoms with Crippen LogP contribution in [0, 0.1) is 0 Å². The second-order valence-corrected chi connectivity index (χ2v) is 4.02. The molecular weight excluding hydrogens is 248 g/mol. The Bertz CT molecular complexity index is 227. The normalized spacial score (nSPS) is 11.7. The quantitative estimate of drug-likeness (QED) is 0.179. The molecule has 0 aromatic carbocycles. The van der Waals surface area contributed by atoms with E-state index in [9.17, 15) is 0 Å². The Hall–Kier alpha value is -0.890. The third kappa shape index (κ3) is 9.66. The summed E-state index contributed by atoms with van der Waals surface area (Å²) in [5.41, 5.74) is 2.65. The maximum Gasteiger partial charge on any atom is 0.208 e. The number of guanidine groups is 1. The molecule has 114 valence electrons. The number of nitrogens with zero attached hydrogens (tertiary/aromatic N) is 2. The van der Waals surface area contributed by atoms with Crippen LogP contribution in [-0.4, -0.2) is 71.6 Å². The van der Waals surface area contributed by atoms with Gasteiger partial charge in [-0.05, 0) is 12.8 Å². The lowest BCUT2D eigenvalue weighted by Crippen LogP contribution is -2.46. The third-order valence-corrected chi connectivity index (χ3v) is 2.54. The smallest absolute Gasteiger partial charge is 0.208 e. The van der Waals surface area contributed by atoms with Gasteiger partial charge in [-0.3, -0.25) is 10.4 Å². The van der Waals surface area contributed by atoms with Gasteiger partial charge in [0.05, 0.1) is 6.61 Å². The van der Waals surface area contributed by atoms with Gasteiger partial charge in [0, 0.05) is 54.2 Å². The molecule has 7 heteroatoms. The van der Waals surface area contributed by atoms with Crippen molar-refractivity contribution < 1.29 is 14.2 Å². The highest BCUT2D eigenvalue weighted by Gasteiger charge is 2.09. The lowest BCUT2D eigenvalue weighted by molar-refractivity contribution is 0.159. The summed E-state index contributed by atoms with van der Waals surface area (Å²) >= 11 is 0. The van der Waals surface area contributed by atoms with E-state index >= 15 is 0 Å². The molecule has 0 aliphatic heterocycles. The standard InChI is InChI=1S/C12H28N4O3/c1-17-9-4-6-14-12(15-13)16(8-11-19-3)7-5-10-18-2/h4-11,13H2,1-3H3,(H,14,15). The molecule has 0 amide bonds. The molecule has 0 aromatic rings. The van der Waals surface area contributed by atoms with Crippen molar-refractivity contribution in [2.24, 2.45) is 10.8 Å². The van der Waals surface area contributed by atoms with Crippen molar-refractivity contribution in [3.63, 3.8) is 0 Å². The molecule has 0 saturated heterocycles. The van der Waals surface area contributed by atoms with Crippen molar-refractivity contribution in [3.05, 3.63) is 0 Å². The Balaban J connectivity index is 4.29. The number of ether oxygens (including phenoxy) is 3. The maximum atomic E-state index is 5.54. The zero-order valence-electron chi connectivity index (χ0n) is 12.4. The molecule has 0 aromatic heterocycles. The number of nitrogens with two attached hydrogens (primary N) is 1. The van der Waals surface area contributed by atoms with Gasteiger partial charge in [-0.2, -0.15) is 0 Å². The fourth-order valence-electron chi connectivity index (χ4n) is 1.56. The second-order valence-electron chi connectivity index (χ2n) is 4.02. The van der Waals surface area contributed by atoms with Crippen molar-refractivity contribution in [3.8, 4) is 0 Å². The predicted octanol–water partition coefficient (Wildman–Crippen LogP) is -0.173. The first-order valence-electron chi connectivity index (χ1n) is 6.53. The van der Waals surface area contributed by atoms with Crippen LogP contribution in [0.15, 0.2) is 4.99 Å². The second kappa shape index (κ2) is 13.5. The number of hydrogen-bond acceptors (Lipinski definition) is 5. The summed E-state index contributed by atoms with van der Waals surface area (Å²) in [6, 6.07) is 0. The third-order valence-electron chi connectivity index (χ3n) is 2.54. The number of methoxy groups -OCH3 is 3. The van der Waals surface area contributed by atoms with Gasteiger partial charge in [0.25, 0.3) is 0 Å². The zero-order valence-corrected chi connectivity index (χ0v) is 12.4. The maximum absolute atomic E-state index is 5.54. The molecule has 0 aliphatic rings. The van der Waals surface area contributed by atoms with Crippen LogP contribution in [0.4, 0.5) is 0 Å². The molecule has 3 N–H and O–H groups in total. The Labute approximate surface area is 116 Å². The van der Waals surface area contributed by atoms with E-state index in [-0.39, 0.29) is 0 Å². The highest BCUT2D eigenvalue weighted by molar-refractivity contribution is 5.79. The van der Waals surface area contributed by atoms with Crippen molar-refractivity contribution in [2.75, 3.05) is 60.8 Å². The fraction of sp³-hybridized carbons (Fsp3) is 0.917. The minimum absolute atomic E-state index is 0.631. The van der Waals surface area contributed by atoms with Crippen LogP contribution in [0.2, 0.25) is 0 Å². The predicted molar refractivity (Wildman–Crippen MR) is 76.1 cm³/mol. The van der Waals surface area contributed by atoms with Gasteiger partial charge in [-0.25, -0.2) is 5.84 Å². The summed E-state index contributed by atoms with van der Waals surface area (Å²) in [5, 5.41) is 0. The van der Waals surface area contributed by atoms with Crippen molar-refractivity contribution in [1.82, 2.24) is 10.3 Å². The van der Waals surface area contributed by atoms with Crippen LogP contribution in [-0.2, 0) is 14.2 Å². The summed E-state index contributed by atoms with van der Waals surface area (Å²) in [7, 11) is 5.06. The molecule has 0 bridgehead atoms. The molecule has 0 unspecified atom stereocenters. The number of hydrazine groups is 1. The Morgan fingerprint density at radius 2 is 1.63 bits per heavy atom. The van der Waals surface area contributed by atoms with Crippen molar-refractivity contribution in [2.45, 2.75) is 12.8 Å². The fourth-order valence-corrected chi connectivity index (χ4v) is 1.56. The van der Waals surface area contributed by atoms with Crippen LogP contribution < -0.4 is 11.3 Å². The number of nitrogens with one attached hydrogen (secondary N) is 1. The molecule has 0 saturated carbocycles. The summed E-state index contributed by atoms with van der Waals surface area (Å²) in [5.74, 6) is 6.22. The van der Waals surface area contributed by atoms with Gasteiger partial charge in [-0.15, -0.1) is 0 Å². The largest absolute Gasteiger partial charge is 0.385 e. The van der Waals surface area contributed by atoms with E-state index < -0.39 is 0 Å². The summed E-state index contributed by atoms with van der Waals surface area (Å²) in [4.78, 5) is 6.51. The van der Waals surface area contributed by atoms with E-state index in [2.05, 4.69) is 15.3 Å². The lowest BCUT2D eigenvalue weighted by Gasteiger charge is -2.25. The first-order valence-corrected chi connectivity index (χ1v) is 6.53. The molecule has 0 radical (unpaired) electrons.